The molecule has 0 aliphatic heterocycles. The van der Waals surface area contributed by atoms with E-state index in [1.54, 1.807) is 13.0 Å². The van der Waals surface area contributed by atoms with Gasteiger partial charge < -0.3 is 5.32 Å². The molecule has 6 heteroatoms. The third kappa shape index (κ3) is 4.92. The fourth-order valence-electron chi connectivity index (χ4n) is 1.79. The highest BCUT2D eigenvalue weighted by Gasteiger charge is 2.14. The van der Waals surface area contributed by atoms with Gasteiger partial charge in [-0.25, -0.2) is 0 Å². The van der Waals surface area contributed by atoms with Gasteiger partial charge in [0.05, 0.1) is 4.92 Å². The van der Waals surface area contributed by atoms with Gasteiger partial charge in [-0.15, -0.1) is 0 Å². The van der Waals surface area contributed by atoms with Crippen LogP contribution >= 0.6 is 15.9 Å². The van der Waals surface area contributed by atoms with Crippen LogP contribution in [0.25, 0.3) is 0 Å². The van der Waals surface area contributed by atoms with E-state index in [0.29, 0.717) is 18.0 Å². The number of hydrogen-bond donors (Lipinski definition) is 1. The lowest BCUT2D eigenvalue weighted by Crippen LogP contribution is -2.25. The van der Waals surface area contributed by atoms with Crippen LogP contribution in [0, 0.1) is 23.0 Å². The fourth-order valence-corrected chi connectivity index (χ4v) is 2.12. The summed E-state index contributed by atoms with van der Waals surface area (Å²) in [5.74, 6) is 0.323. The summed E-state index contributed by atoms with van der Waals surface area (Å²) in [6.45, 7) is 4.49. The fraction of sp³-hybridized carbons (Fsp3) is 0.500. The summed E-state index contributed by atoms with van der Waals surface area (Å²) in [6, 6.07) is 4.33. The zero-order chi connectivity index (χ0) is 15.1. The molecule has 0 spiro atoms. The number of nitrogens with one attached hydrogen (secondary N) is 1. The van der Waals surface area contributed by atoms with Crippen molar-refractivity contribution in [3.8, 4) is 0 Å². The molecule has 1 amide bonds. The van der Waals surface area contributed by atoms with Crippen molar-refractivity contribution in [2.24, 2.45) is 5.92 Å². The van der Waals surface area contributed by atoms with Crippen LogP contribution in [0.3, 0.4) is 0 Å². The first-order valence-corrected chi connectivity index (χ1v) is 7.67. The number of non-ortho nitro benzene ring substituents is 1. The molecule has 1 aromatic carbocycles. The van der Waals surface area contributed by atoms with Crippen LogP contribution in [0.15, 0.2) is 18.2 Å². The number of carbonyl (C=O) groups is 1. The second-order valence-electron chi connectivity index (χ2n) is 4.91. The van der Waals surface area contributed by atoms with Gasteiger partial charge in [0.2, 0.25) is 0 Å². The Bertz CT molecular complexity index is 491. The third-order valence-electron chi connectivity index (χ3n) is 3.10. The number of amides is 1. The molecule has 0 bridgehead atoms. The molecular weight excluding hydrogens is 324 g/mol. The predicted molar refractivity (Wildman–Crippen MR) is 82.4 cm³/mol. The van der Waals surface area contributed by atoms with Crippen LogP contribution in [0.5, 0.6) is 0 Å². The molecule has 110 valence electrons. The van der Waals surface area contributed by atoms with Gasteiger partial charge in [-0.1, -0.05) is 28.9 Å². The Morgan fingerprint density at radius 3 is 2.80 bits per heavy atom. The molecule has 1 atom stereocenters. The number of nitro benzene ring substituents is 1. The first-order chi connectivity index (χ1) is 9.45. The van der Waals surface area contributed by atoms with E-state index in [2.05, 4.69) is 28.2 Å². The predicted octanol–water partition coefficient (Wildman–Crippen LogP) is 3.44. The minimum Gasteiger partial charge on any atom is -0.352 e. The van der Waals surface area contributed by atoms with Crippen molar-refractivity contribution in [2.75, 3.05) is 11.9 Å². The van der Waals surface area contributed by atoms with E-state index in [9.17, 15) is 14.9 Å². The number of nitrogens with zero attached hydrogens (tertiary/aromatic N) is 1. The van der Waals surface area contributed by atoms with Crippen molar-refractivity contribution in [1.29, 1.82) is 0 Å². The minimum absolute atomic E-state index is 0.0614. The highest BCUT2D eigenvalue weighted by Crippen LogP contribution is 2.17. The van der Waals surface area contributed by atoms with Crippen molar-refractivity contribution in [2.45, 2.75) is 26.7 Å². The lowest BCUT2D eigenvalue weighted by molar-refractivity contribution is -0.384. The second-order valence-corrected chi connectivity index (χ2v) is 5.56. The summed E-state index contributed by atoms with van der Waals surface area (Å²) in [6.07, 6.45) is 1.92. The Balaban J connectivity index is 2.59. The van der Waals surface area contributed by atoms with Crippen molar-refractivity contribution in [3.63, 3.8) is 0 Å². The monoisotopic (exact) mass is 342 g/mol. The molecule has 5 nitrogen and oxygen atoms in total. The van der Waals surface area contributed by atoms with E-state index in [4.69, 9.17) is 0 Å². The van der Waals surface area contributed by atoms with Crippen LogP contribution in [-0.4, -0.2) is 22.7 Å². The molecule has 0 fully saturated rings. The topological polar surface area (TPSA) is 72.2 Å². The summed E-state index contributed by atoms with van der Waals surface area (Å²) in [5, 5.41) is 14.5. The van der Waals surface area contributed by atoms with Crippen molar-refractivity contribution in [1.82, 2.24) is 5.32 Å². The van der Waals surface area contributed by atoms with E-state index in [1.807, 2.05) is 0 Å². The van der Waals surface area contributed by atoms with Crippen LogP contribution in [-0.2, 0) is 0 Å². The maximum Gasteiger partial charge on any atom is 0.270 e. The van der Waals surface area contributed by atoms with E-state index >= 15 is 0 Å². The van der Waals surface area contributed by atoms with Gasteiger partial charge in [-0.05, 0) is 31.2 Å². The van der Waals surface area contributed by atoms with Crippen LogP contribution < -0.4 is 5.32 Å². The van der Waals surface area contributed by atoms with Gasteiger partial charge in [0.15, 0.2) is 0 Å². The zero-order valence-corrected chi connectivity index (χ0v) is 13.3. The Hall–Kier alpha value is -1.43. The number of rotatable bonds is 7. The third-order valence-corrected chi connectivity index (χ3v) is 4.20. The van der Waals surface area contributed by atoms with Gasteiger partial charge in [-0.2, -0.15) is 0 Å². The largest absolute Gasteiger partial charge is 0.352 e. The lowest BCUT2D eigenvalue weighted by atomic mass is 10.1. The summed E-state index contributed by atoms with van der Waals surface area (Å²) in [7, 11) is 0. The highest BCUT2D eigenvalue weighted by atomic mass is 79.9. The molecular formula is C14H19BrN2O3. The molecule has 0 saturated carbocycles. The second kappa shape index (κ2) is 7.99. The number of hydrogen-bond acceptors (Lipinski definition) is 3. The van der Waals surface area contributed by atoms with E-state index in [1.165, 1.54) is 12.1 Å². The van der Waals surface area contributed by atoms with Crippen molar-refractivity contribution >= 4 is 27.5 Å². The van der Waals surface area contributed by atoms with Gasteiger partial charge >= 0.3 is 0 Å². The lowest BCUT2D eigenvalue weighted by Gasteiger charge is -2.09. The SMILES string of the molecule is Cc1ccc([N+](=O)[O-])cc1C(=O)NCCCC(C)CBr. The molecule has 0 saturated heterocycles. The first kappa shape index (κ1) is 16.6. The summed E-state index contributed by atoms with van der Waals surface area (Å²) in [5.41, 5.74) is 1.04. The number of alkyl halides is 1. The minimum atomic E-state index is -0.492. The molecule has 1 aromatic rings. The molecule has 0 aliphatic rings. The normalized spacial score (nSPS) is 11.9. The number of halogens is 1. The van der Waals surface area contributed by atoms with Crippen LogP contribution in [0.1, 0.15) is 35.7 Å². The molecule has 0 heterocycles. The van der Waals surface area contributed by atoms with Crippen LogP contribution in [0.2, 0.25) is 0 Å². The van der Waals surface area contributed by atoms with Crippen molar-refractivity contribution in [3.05, 3.63) is 39.4 Å². The average molecular weight is 343 g/mol. The Labute approximate surface area is 127 Å². The number of benzene rings is 1. The van der Waals surface area contributed by atoms with Gasteiger partial charge in [0.1, 0.15) is 0 Å². The average Bonchev–Trinajstić information content (AvgIpc) is 2.43. The molecule has 0 radical (unpaired) electrons. The van der Waals surface area contributed by atoms with E-state index in [-0.39, 0.29) is 11.6 Å². The summed E-state index contributed by atoms with van der Waals surface area (Å²) < 4.78 is 0. The molecule has 1 rings (SSSR count). The zero-order valence-electron chi connectivity index (χ0n) is 11.7. The quantitative estimate of drug-likeness (QED) is 0.357. The molecule has 1 unspecified atom stereocenters. The van der Waals surface area contributed by atoms with Gasteiger partial charge in [0.25, 0.3) is 11.6 Å². The summed E-state index contributed by atoms with van der Waals surface area (Å²) in [4.78, 5) is 22.2. The standard InChI is InChI=1S/C14H19BrN2O3/c1-10(9-15)4-3-7-16-14(18)13-8-12(17(19)20)6-5-11(13)2/h5-6,8,10H,3-4,7,9H2,1-2H3,(H,16,18). The smallest absolute Gasteiger partial charge is 0.270 e. The highest BCUT2D eigenvalue weighted by molar-refractivity contribution is 9.09. The number of aryl methyl sites for hydroxylation is 1. The van der Waals surface area contributed by atoms with Gasteiger partial charge in [0, 0.05) is 29.6 Å². The van der Waals surface area contributed by atoms with Crippen LogP contribution in [0.4, 0.5) is 5.69 Å². The van der Waals surface area contributed by atoms with E-state index < -0.39 is 4.92 Å². The number of carbonyl (C=O) groups excluding carboxylic acids is 1. The Morgan fingerprint density at radius 2 is 2.20 bits per heavy atom. The molecule has 20 heavy (non-hydrogen) atoms. The summed E-state index contributed by atoms with van der Waals surface area (Å²) >= 11 is 3.41. The maximum atomic E-state index is 12.0. The first-order valence-electron chi connectivity index (χ1n) is 6.55. The van der Waals surface area contributed by atoms with E-state index in [0.717, 1.165) is 23.7 Å². The Morgan fingerprint density at radius 1 is 1.50 bits per heavy atom. The maximum absolute atomic E-state index is 12.0. The van der Waals surface area contributed by atoms with Gasteiger partial charge in [-0.3, -0.25) is 14.9 Å². The molecule has 0 aromatic heterocycles. The number of nitro groups is 1. The Kier molecular flexibility index (Phi) is 6.64. The molecule has 1 N–H and O–H groups in total. The van der Waals surface area contributed by atoms with Crippen molar-refractivity contribution < 1.29 is 9.72 Å². The molecule has 0 aliphatic carbocycles.